The molecule has 1 aliphatic heterocycles. The minimum atomic E-state index is -1.54. The fourth-order valence-corrected chi connectivity index (χ4v) is 9.90. The zero-order valence-corrected chi connectivity index (χ0v) is 48.4. The molecule has 1 fully saturated rings. The third kappa shape index (κ3) is 45.2. The summed E-state index contributed by atoms with van der Waals surface area (Å²) in [5.41, 5.74) is 0. The summed E-state index contributed by atoms with van der Waals surface area (Å²) in [7, 11) is 0. The van der Waals surface area contributed by atoms with Crippen molar-refractivity contribution in [1.29, 1.82) is 0 Å². The molecule has 4 N–H and O–H groups in total. The van der Waals surface area contributed by atoms with Crippen LogP contribution in [0.5, 0.6) is 0 Å². The van der Waals surface area contributed by atoms with Crippen molar-refractivity contribution in [3.63, 3.8) is 0 Å². The molecular weight excluding hydrogens is 925 g/mol. The molecule has 0 amide bonds. The van der Waals surface area contributed by atoms with E-state index in [0.29, 0.717) is 13.0 Å². The van der Waals surface area contributed by atoms with Gasteiger partial charge in [0.05, 0.1) is 19.8 Å². The van der Waals surface area contributed by atoms with E-state index in [2.05, 4.69) is 62.5 Å². The second-order valence-corrected chi connectivity index (χ2v) is 21.8. The molecule has 1 aliphatic rings. The van der Waals surface area contributed by atoms with Gasteiger partial charge in [0.15, 0.2) is 6.29 Å². The molecule has 0 aliphatic carbocycles. The first-order chi connectivity index (χ1) is 36.4. The van der Waals surface area contributed by atoms with E-state index >= 15 is 0 Å². The summed E-state index contributed by atoms with van der Waals surface area (Å²) >= 11 is 0. The number of ether oxygens (including phenoxy) is 4. The van der Waals surface area contributed by atoms with E-state index in [0.717, 1.165) is 57.8 Å². The highest BCUT2D eigenvalue weighted by atomic mass is 16.7. The second kappa shape index (κ2) is 55.9. The third-order valence-corrected chi connectivity index (χ3v) is 14.8. The highest BCUT2D eigenvalue weighted by Crippen LogP contribution is 2.23. The van der Waals surface area contributed by atoms with Crippen molar-refractivity contribution in [2.45, 2.75) is 333 Å². The lowest BCUT2D eigenvalue weighted by Gasteiger charge is -2.39. The predicted octanol–water partition coefficient (Wildman–Crippen LogP) is 17.2. The van der Waals surface area contributed by atoms with Crippen LogP contribution >= 0.6 is 0 Å². The van der Waals surface area contributed by atoms with Crippen LogP contribution < -0.4 is 0 Å². The van der Waals surface area contributed by atoms with Crippen molar-refractivity contribution in [2.24, 2.45) is 0 Å². The van der Waals surface area contributed by atoms with Crippen LogP contribution in [0.25, 0.3) is 0 Å². The number of hydrogen-bond donors (Lipinski definition) is 4. The quantitative estimate of drug-likeness (QED) is 0.0267. The van der Waals surface area contributed by atoms with Gasteiger partial charge in [0, 0.05) is 13.0 Å². The molecule has 0 radical (unpaired) electrons. The van der Waals surface area contributed by atoms with E-state index in [1.807, 2.05) is 0 Å². The van der Waals surface area contributed by atoms with Gasteiger partial charge >= 0.3 is 5.97 Å². The van der Waals surface area contributed by atoms with E-state index in [9.17, 15) is 25.2 Å². The minimum Gasteiger partial charge on any atom is -0.457 e. The van der Waals surface area contributed by atoms with Crippen LogP contribution in [0.2, 0.25) is 0 Å². The summed E-state index contributed by atoms with van der Waals surface area (Å²) in [4.78, 5) is 12.9. The Labute approximate surface area is 456 Å². The van der Waals surface area contributed by atoms with Gasteiger partial charge in [-0.1, -0.05) is 287 Å². The molecule has 1 heterocycles. The van der Waals surface area contributed by atoms with Crippen LogP contribution in [-0.4, -0.2) is 89.6 Å². The van der Waals surface area contributed by atoms with Crippen molar-refractivity contribution in [2.75, 3.05) is 26.4 Å². The standard InChI is InChI=1S/C65H120O9/c1-3-5-7-9-11-13-15-17-19-21-23-25-27-29-31-33-35-37-39-41-43-45-47-49-51-53-55-71-57-59(58-72-65-64(70)63(69)62(68)60(56-66)74-65)73-61(67)54-52-50-48-46-44-42-40-38-36-34-32-30-28-26-24-22-20-18-16-14-12-10-8-6-4-2/h5,7,11,13,17,19,23,25,59-60,62-66,68-70H,3-4,6,8-10,12,14-16,18,20-22,24,26-58H2,1-2H3/b7-5-,13-11-,19-17-,25-23-. The van der Waals surface area contributed by atoms with Gasteiger partial charge in [-0.05, 0) is 51.4 Å². The number of aliphatic hydroxyl groups is 4. The molecule has 1 saturated heterocycles. The summed E-state index contributed by atoms with van der Waals surface area (Å²) in [5.74, 6) is -0.307. The van der Waals surface area contributed by atoms with Gasteiger partial charge in [0.2, 0.25) is 0 Å². The monoisotopic (exact) mass is 1040 g/mol. The number of hydrogen-bond acceptors (Lipinski definition) is 9. The van der Waals surface area contributed by atoms with E-state index in [1.54, 1.807) is 0 Å². The van der Waals surface area contributed by atoms with Gasteiger partial charge in [-0.15, -0.1) is 0 Å². The largest absolute Gasteiger partial charge is 0.457 e. The van der Waals surface area contributed by atoms with Crippen LogP contribution in [0.15, 0.2) is 48.6 Å². The number of unbranched alkanes of at least 4 members (excludes halogenated alkanes) is 37. The predicted molar refractivity (Wildman–Crippen MR) is 311 cm³/mol. The third-order valence-electron chi connectivity index (χ3n) is 14.8. The molecule has 1 rings (SSSR count). The summed E-state index contributed by atoms with van der Waals surface area (Å²) in [6, 6.07) is 0. The molecule has 6 unspecified atom stereocenters. The normalized spacial score (nSPS) is 18.8. The Bertz CT molecular complexity index is 1280. The summed E-state index contributed by atoms with van der Waals surface area (Å²) in [6.45, 7) is 4.51. The van der Waals surface area contributed by atoms with Crippen LogP contribution in [0.3, 0.4) is 0 Å². The molecule has 74 heavy (non-hydrogen) atoms. The lowest BCUT2D eigenvalue weighted by Crippen LogP contribution is -2.59. The van der Waals surface area contributed by atoms with Crippen LogP contribution in [0, 0.1) is 0 Å². The molecule has 434 valence electrons. The van der Waals surface area contributed by atoms with Crippen molar-refractivity contribution in [3.05, 3.63) is 48.6 Å². The van der Waals surface area contributed by atoms with Crippen LogP contribution in [0.1, 0.15) is 296 Å². The molecule has 9 heteroatoms. The van der Waals surface area contributed by atoms with E-state index in [-0.39, 0.29) is 19.2 Å². The number of carbonyl (C=O) groups excluding carboxylic acids is 1. The number of aliphatic hydroxyl groups excluding tert-OH is 4. The maximum atomic E-state index is 12.9. The van der Waals surface area contributed by atoms with Gasteiger partial charge in [0.1, 0.15) is 30.5 Å². The first-order valence-electron chi connectivity index (χ1n) is 31.7. The van der Waals surface area contributed by atoms with E-state index < -0.39 is 43.4 Å². The van der Waals surface area contributed by atoms with Crippen molar-refractivity contribution in [3.8, 4) is 0 Å². The minimum absolute atomic E-state index is 0.111. The van der Waals surface area contributed by atoms with Gasteiger partial charge in [-0.25, -0.2) is 0 Å². The fourth-order valence-electron chi connectivity index (χ4n) is 9.90. The topological polar surface area (TPSA) is 135 Å². The van der Waals surface area contributed by atoms with Crippen molar-refractivity contribution in [1.82, 2.24) is 0 Å². The van der Waals surface area contributed by atoms with Crippen LogP contribution in [-0.2, 0) is 23.7 Å². The smallest absolute Gasteiger partial charge is 0.306 e. The fraction of sp³-hybridized carbons (Fsp3) is 0.862. The summed E-state index contributed by atoms with van der Waals surface area (Å²) in [5, 5.41) is 40.4. The highest BCUT2D eigenvalue weighted by Gasteiger charge is 2.44. The molecule has 0 aromatic carbocycles. The Balaban J connectivity index is 2.10. The Hall–Kier alpha value is -1.85. The lowest BCUT2D eigenvalue weighted by molar-refractivity contribution is -0.305. The molecular formula is C65H120O9. The van der Waals surface area contributed by atoms with Crippen LogP contribution in [0.4, 0.5) is 0 Å². The van der Waals surface area contributed by atoms with Gasteiger partial charge in [-0.3, -0.25) is 4.79 Å². The second-order valence-electron chi connectivity index (χ2n) is 21.8. The Morgan fingerprint density at radius 1 is 0.446 bits per heavy atom. The first kappa shape index (κ1) is 70.2. The molecule has 0 spiro atoms. The van der Waals surface area contributed by atoms with E-state index in [4.69, 9.17) is 18.9 Å². The number of carbonyl (C=O) groups is 1. The highest BCUT2D eigenvalue weighted by molar-refractivity contribution is 5.69. The zero-order chi connectivity index (χ0) is 53.5. The first-order valence-corrected chi connectivity index (χ1v) is 31.7. The lowest BCUT2D eigenvalue weighted by atomic mass is 9.99. The van der Waals surface area contributed by atoms with Gasteiger partial charge in [0.25, 0.3) is 0 Å². The summed E-state index contributed by atoms with van der Waals surface area (Å²) < 4.78 is 23.0. The SMILES string of the molecule is CC/C=C\C/C=C\C/C=C\C/C=C\CCCCCCCCCCCCCCCOCC(COC1OC(CO)C(O)C(O)C1O)OC(=O)CCCCCCCCCCCCCCCCCCCCCCCCCCC. The van der Waals surface area contributed by atoms with Gasteiger partial charge < -0.3 is 39.4 Å². The molecule has 0 bridgehead atoms. The Morgan fingerprint density at radius 2 is 0.824 bits per heavy atom. The number of allylic oxidation sites excluding steroid dienone is 8. The average molecular weight is 1050 g/mol. The molecule has 0 saturated carbocycles. The maximum Gasteiger partial charge on any atom is 0.306 e. The summed E-state index contributed by atoms with van der Waals surface area (Å²) in [6.07, 6.45) is 66.1. The van der Waals surface area contributed by atoms with Crippen molar-refractivity contribution < 1.29 is 44.2 Å². The van der Waals surface area contributed by atoms with E-state index in [1.165, 1.54) is 218 Å². The molecule has 9 nitrogen and oxygen atoms in total. The average Bonchev–Trinajstić information content (AvgIpc) is 3.40. The van der Waals surface area contributed by atoms with Gasteiger partial charge in [-0.2, -0.15) is 0 Å². The Kier molecular flexibility index (Phi) is 53.0. The Morgan fingerprint density at radius 3 is 1.24 bits per heavy atom. The number of esters is 1. The molecule has 0 aromatic heterocycles. The van der Waals surface area contributed by atoms with Crippen molar-refractivity contribution >= 4 is 5.97 Å². The number of rotatable bonds is 56. The maximum absolute atomic E-state index is 12.9. The zero-order valence-electron chi connectivity index (χ0n) is 48.4. The molecule has 0 aromatic rings. The molecule has 6 atom stereocenters.